The third-order valence-electron chi connectivity index (χ3n) is 3.81. The fourth-order valence-electron chi connectivity index (χ4n) is 2.69. The van der Waals surface area contributed by atoms with Crippen LogP contribution < -0.4 is 5.32 Å². The third-order valence-corrected chi connectivity index (χ3v) is 3.81. The maximum atomic E-state index is 4.10. The fourth-order valence-corrected chi connectivity index (χ4v) is 2.69. The van der Waals surface area contributed by atoms with Crippen molar-refractivity contribution in [2.24, 2.45) is 0 Å². The van der Waals surface area contributed by atoms with Crippen LogP contribution in [0.3, 0.4) is 0 Å². The summed E-state index contributed by atoms with van der Waals surface area (Å²) in [4.78, 5) is 4.10. The molecule has 1 aromatic heterocycles. The van der Waals surface area contributed by atoms with E-state index in [0.717, 1.165) is 6.42 Å². The van der Waals surface area contributed by atoms with E-state index in [0.29, 0.717) is 12.0 Å². The Hall–Kier alpha value is -1.67. The molecule has 0 aliphatic rings. The van der Waals surface area contributed by atoms with E-state index in [9.17, 15) is 0 Å². The monoisotopic (exact) mass is 254 g/mol. The Bertz CT molecular complexity index is 508. The first-order valence-corrected chi connectivity index (χ1v) is 6.93. The molecule has 1 N–H and O–H groups in total. The first-order valence-electron chi connectivity index (χ1n) is 6.93. The molecule has 0 fully saturated rings. The molecule has 19 heavy (non-hydrogen) atoms. The molecule has 2 rings (SSSR count). The predicted molar refractivity (Wildman–Crippen MR) is 80.3 cm³/mol. The van der Waals surface area contributed by atoms with Crippen LogP contribution in [0.1, 0.15) is 42.5 Å². The maximum absolute atomic E-state index is 4.10. The SMILES string of the molecule is CCc1ccccc1C(NC)C(C)c1ccncc1. The summed E-state index contributed by atoms with van der Waals surface area (Å²) in [5.74, 6) is 0.417. The topological polar surface area (TPSA) is 24.9 Å². The van der Waals surface area contributed by atoms with Gasteiger partial charge in [0.05, 0.1) is 0 Å². The van der Waals surface area contributed by atoms with Gasteiger partial charge in [0.2, 0.25) is 0 Å². The maximum Gasteiger partial charge on any atom is 0.0387 e. The lowest BCUT2D eigenvalue weighted by molar-refractivity contribution is 0.504. The first kappa shape index (κ1) is 13.8. The van der Waals surface area contributed by atoms with Crippen LogP contribution in [0.2, 0.25) is 0 Å². The van der Waals surface area contributed by atoms with Crippen LogP contribution in [0.4, 0.5) is 0 Å². The van der Waals surface area contributed by atoms with Crippen LogP contribution in [-0.4, -0.2) is 12.0 Å². The fraction of sp³-hybridized carbons (Fsp3) is 0.353. The summed E-state index contributed by atoms with van der Waals surface area (Å²) in [5, 5.41) is 3.47. The van der Waals surface area contributed by atoms with Gasteiger partial charge in [-0.3, -0.25) is 4.98 Å². The Morgan fingerprint density at radius 2 is 1.79 bits per heavy atom. The van der Waals surface area contributed by atoms with Crippen molar-refractivity contribution in [3.05, 3.63) is 65.5 Å². The zero-order valence-electron chi connectivity index (χ0n) is 11.9. The molecular formula is C17H22N2. The van der Waals surface area contributed by atoms with E-state index in [4.69, 9.17) is 0 Å². The molecule has 1 heterocycles. The van der Waals surface area contributed by atoms with Crippen molar-refractivity contribution in [1.29, 1.82) is 0 Å². The summed E-state index contributed by atoms with van der Waals surface area (Å²) in [5.41, 5.74) is 4.14. The van der Waals surface area contributed by atoms with E-state index in [1.54, 1.807) is 0 Å². The van der Waals surface area contributed by atoms with E-state index in [1.165, 1.54) is 16.7 Å². The number of likely N-dealkylation sites (N-methyl/N-ethyl adjacent to an activating group) is 1. The van der Waals surface area contributed by atoms with Gasteiger partial charge in [-0.15, -0.1) is 0 Å². The van der Waals surface area contributed by atoms with Gasteiger partial charge in [0.25, 0.3) is 0 Å². The highest BCUT2D eigenvalue weighted by Gasteiger charge is 2.20. The average Bonchev–Trinajstić information content (AvgIpc) is 2.49. The second-order valence-electron chi connectivity index (χ2n) is 4.89. The number of aromatic nitrogens is 1. The minimum Gasteiger partial charge on any atom is -0.312 e. The molecule has 0 spiro atoms. The van der Waals surface area contributed by atoms with E-state index in [1.807, 2.05) is 19.4 Å². The zero-order valence-corrected chi connectivity index (χ0v) is 11.9. The van der Waals surface area contributed by atoms with Crippen LogP contribution >= 0.6 is 0 Å². The molecule has 2 aromatic rings. The number of aryl methyl sites for hydroxylation is 1. The van der Waals surface area contributed by atoms with Gasteiger partial charge in [-0.2, -0.15) is 0 Å². The van der Waals surface area contributed by atoms with Crippen molar-refractivity contribution in [2.45, 2.75) is 32.2 Å². The van der Waals surface area contributed by atoms with Gasteiger partial charge in [0.15, 0.2) is 0 Å². The molecule has 0 amide bonds. The number of hydrogen-bond acceptors (Lipinski definition) is 2. The molecule has 0 bridgehead atoms. The van der Waals surface area contributed by atoms with Crippen LogP contribution in [0.5, 0.6) is 0 Å². The highest BCUT2D eigenvalue weighted by molar-refractivity contribution is 5.33. The Morgan fingerprint density at radius 3 is 2.42 bits per heavy atom. The molecule has 0 aliphatic carbocycles. The molecule has 2 unspecified atom stereocenters. The molecule has 0 saturated carbocycles. The van der Waals surface area contributed by atoms with Crippen molar-refractivity contribution in [1.82, 2.24) is 10.3 Å². The largest absolute Gasteiger partial charge is 0.312 e. The van der Waals surface area contributed by atoms with Gasteiger partial charge in [-0.1, -0.05) is 38.1 Å². The van der Waals surface area contributed by atoms with Crippen molar-refractivity contribution < 1.29 is 0 Å². The van der Waals surface area contributed by atoms with Crippen molar-refractivity contribution in [3.63, 3.8) is 0 Å². The number of rotatable bonds is 5. The quantitative estimate of drug-likeness (QED) is 0.880. The van der Waals surface area contributed by atoms with Gasteiger partial charge in [-0.05, 0) is 42.3 Å². The summed E-state index contributed by atoms with van der Waals surface area (Å²) < 4.78 is 0. The van der Waals surface area contributed by atoms with E-state index >= 15 is 0 Å². The molecule has 100 valence electrons. The van der Waals surface area contributed by atoms with Crippen LogP contribution in [-0.2, 0) is 6.42 Å². The molecule has 0 radical (unpaired) electrons. The minimum absolute atomic E-state index is 0.332. The summed E-state index contributed by atoms with van der Waals surface area (Å²) >= 11 is 0. The summed E-state index contributed by atoms with van der Waals surface area (Å²) in [6.07, 6.45) is 4.80. The van der Waals surface area contributed by atoms with Gasteiger partial charge < -0.3 is 5.32 Å². The highest BCUT2D eigenvalue weighted by atomic mass is 14.9. The molecule has 0 aliphatic heterocycles. The molecule has 1 aromatic carbocycles. The van der Waals surface area contributed by atoms with Crippen molar-refractivity contribution in [2.75, 3.05) is 7.05 Å². The van der Waals surface area contributed by atoms with E-state index in [2.05, 4.69) is 60.5 Å². The Balaban J connectivity index is 2.34. The Kier molecular flexibility index (Phi) is 4.69. The number of nitrogens with one attached hydrogen (secondary N) is 1. The summed E-state index contributed by atoms with van der Waals surface area (Å²) in [6.45, 7) is 4.48. The lowest BCUT2D eigenvalue weighted by atomic mass is 9.86. The average molecular weight is 254 g/mol. The van der Waals surface area contributed by atoms with E-state index < -0.39 is 0 Å². The van der Waals surface area contributed by atoms with Crippen LogP contribution in [0.25, 0.3) is 0 Å². The highest BCUT2D eigenvalue weighted by Crippen LogP contribution is 2.31. The van der Waals surface area contributed by atoms with Gasteiger partial charge in [-0.25, -0.2) is 0 Å². The number of hydrogen-bond donors (Lipinski definition) is 1. The second-order valence-corrected chi connectivity index (χ2v) is 4.89. The number of benzene rings is 1. The number of nitrogens with zero attached hydrogens (tertiary/aromatic N) is 1. The van der Waals surface area contributed by atoms with Crippen molar-refractivity contribution >= 4 is 0 Å². The molecule has 2 atom stereocenters. The lowest BCUT2D eigenvalue weighted by Gasteiger charge is -2.26. The third kappa shape index (κ3) is 3.02. The standard InChI is InChI=1S/C17H22N2/c1-4-14-7-5-6-8-16(14)17(18-3)13(2)15-9-11-19-12-10-15/h5-13,17-18H,4H2,1-3H3. The first-order chi connectivity index (χ1) is 9.27. The van der Waals surface area contributed by atoms with Crippen LogP contribution in [0, 0.1) is 0 Å². The zero-order chi connectivity index (χ0) is 13.7. The summed E-state index contributed by atoms with van der Waals surface area (Å²) in [6, 6.07) is 13.2. The molecular weight excluding hydrogens is 232 g/mol. The second kappa shape index (κ2) is 6.48. The summed E-state index contributed by atoms with van der Waals surface area (Å²) in [7, 11) is 2.04. The Morgan fingerprint density at radius 1 is 1.11 bits per heavy atom. The van der Waals surface area contributed by atoms with Crippen LogP contribution in [0.15, 0.2) is 48.8 Å². The smallest absolute Gasteiger partial charge is 0.0387 e. The molecule has 2 heteroatoms. The van der Waals surface area contributed by atoms with E-state index in [-0.39, 0.29) is 0 Å². The Labute approximate surface area is 115 Å². The van der Waals surface area contributed by atoms with Gasteiger partial charge in [0, 0.05) is 24.4 Å². The minimum atomic E-state index is 0.332. The lowest BCUT2D eigenvalue weighted by Crippen LogP contribution is -2.23. The number of pyridine rings is 1. The normalized spacial score (nSPS) is 14.1. The predicted octanol–water partition coefficient (Wildman–Crippen LogP) is 3.71. The van der Waals surface area contributed by atoms with Gasteiger partial charge >= 0.3 is 0 Å². The molecule has 0 saturated heterocycles. The van der Waals surface area contributed by atoms with Gasteiger partial charge in [0.1, 0.15) is 0 Å². The molecule has 2 nitrogen and oxygen atoms in total. The van der Waals surface area contributed by atoms with Crippen molar-refractivity contribution in [3.8, 4) is 0 Å².